The van der Waals surface area contributed by atoms with Crippen molar-refractivity contribution in [1.29, 1.82) is 0 Å². The summed E-state index contributed by atoms with van der Waals surface area (Å²) in [5.74, 6) is 5.65. The Bertz CT molecular complexity index is 552. The Morgan fingerprint density at radius 1 is 1.44 bits per heavy atom. The van der Waals surface area contributed by atoms with Gasteiger partial charge in [-0.3, -0.25) is 5.84 Å². The molecule has 0 radical (unpaired) electrons. The van der Waals surface area contributed by atoms with Crippen LogP contribution in [0.1, 0.15) is 17.3 Å². The van der Waals surface area contributed by atoms with Gasteiger partial charge < -0.3 is 0 Å². The van der Waals surface area contributed by atoms with Crippen molar-refractivity contribution in [1.82, 2.24) is 20.4 Å². The van der Waals surface area contributed by atoms with Gasteiger partial charge >= 0.3 is 0 Å². The first-order chi connectivity index (χ1) is 8.54. The first-order valence-electron chi connectivity index (χ1n) is 5.00. The Morgan fingerprint density at radius 2 is 2.17 bits per heavy atom. The number of nitrogens with zero attached hydrogens (tertiary/aromatic N) is 3. The maximum Gasteiger partial charge on any atom is 0.153 e. The van der Waals surface area contributed by atoms with Gasteiger partial charge in [0.1, 0.15) is 0 Å². The van der Waals surface area contributed by atoms with Crippen molar-refractivity contribution in [2.24, 2.45) is 12.9 Å². The normalized spacial score (nSPS) is 12.7. The number of benzene rings is 1. The van der Waals surface area contributed by atoms with Crippen molar-refractivity contribution < 1.29 is 0 Å². The van der Waals surface area contributed by atoms with Gasteiger partial charge in [-0.25, -0.2) is 10.1 Å². The van der Waals surface area contributed by atoms with Crippen LogP contribution >= 0.6 is 43.5 Å². The lowest BCUT2D eigenvalue weighted by Gasteiger charge is -2.18. The number of nitrogens with two attached hydrogens (primary N) is 1. The summed E-state index contributed by atoms with van der Waals surface area (Å²) >= 11 is 12.9. The topological polar surface area (TPSA) is 68.8 Å². The number of hydrazine groups is 1. The van der Waals surface area contributed by atoms with Crippen molar-refractivity contribution in [3.63, 3.8) is 0 Å². The van der Waals surface area contributed by atoms with Crippen LogP contribution in [0, 0.1) is 0 Å². The van der Waals surface area contributed by atoms with E-state index < -0.39 is 0 Å². The summed E-state index contributed by atoms with van der Waals surface area (Å²) < 4.78 is 3.20. The van der Waals surface area contributed by atoms with Crippen LogP contribution in [-0.4, -0.2) is 15.0 Å². The Labute approximate surface area is 126 Å². The van der Waals surface area contributed by atoms with E-state index in [2.05, 4.69) is 47.6 Å². The van der Waals surface area contributed by atoms with E-state index >= 15 is 0 Å². The number of hydrogen-bond donors (Lipinski definition) is 2. The molecule has 0 saturated heterocycles. The summed E-state index contributed by atoms with van der Waals surface area (Å²) in [6.45, 7) is 0. The van der Waals surface area contributed by atoms with Gasteiger partial charge in [0.2, 0.25) is 0 Å². The molecule has 0 spiro atoms. The molecule has 0 aliphatic rings. The standard InChI is InChI=1S/C10H10Br2ClN5/c1-18-9(10(12)16-17-18)8(15-14)6-4-5(13)2-3-7(6)11/h2-4,8,15H,14H2,1H3. The minimum Gasteiger partial charge on any atom is -0.271 e. The third-order valence-corrected chi connectivity index (χ3v) is 4.06. The van der Waals surface area contributed by atoms with E-state index in [-0.39, 0.29) is 6.04 Å². The molecule has 0 amide bonds. The second-order valence-corrected chi connectivity index (χ2v) is 5.70. The van der Waals surface area contributed by atoms with Gasteiger partial charge in [-0.15, -0.1) is 5.10 Å². The zero-order valence-corrected chi connectivity index (χ0v) is 13.3. The Hall–Kier alpha value is -0.470. The summed E-state index contributed by atoms with van der Waals surface area (Å²) in [5, 5.41) is 8.53. The number of aryl methyl sites for hydroxylation is 1. The summed E-state index contributed by atoms with van der Waals surface area (Å²) in [4.78, 5) is 0. The zero-order chi connectivity index (χ0) is 13.3. The maximum atomic E-state index is 6.02. The Kier molecular flexibility index (Phi) is 4.39. The molecule has 8 heteroatoms. The van der Waals surface area contributed by atoms with E-state index in [9.17, 15) is 0 Å². The number of hydrogen-bond acceptors (Lipinski definition) is 4. The molecule has 0 saturated carbocycles. The van der Waals surface area contributed by atoms with E-state index in [1.54, 1.807) is 17.8 Å². The minimum atomic E-state index is -0.271. The number of rotatable bonds is 3. The molecule has 0 aliphatic heterocycles. The molecule has 2 aromatic rings. The van der Waals surface area contributed by atoms with Gasteiger partial charge in [0, 0.05) is 16.5 Å². The van der Waals surface area contributed by atoms with Crippen molar-refractivity contribution >= 4 is 43.5 Å². The average Bonchev–Trinajstić information content (AvgIpc) is 2.66. The smallest absolute Gasteiger partial charge is 0.153 e. The van der Waals surface area contributed by atoms with Crippen LogP contribution in [-0.2, 0) is 7.05 Å². The monoisotopic (exact) mass is 393 g/mol. The van der Waals surface area contributed by atoms with E-state index in [0.29, 0.717) is 9.63 Å². The van der Waals surface area contributed by atoms with Crippen molar-refractivity contribution in [2.75, 3.05) is 0 Å². The van der Waals surface area contributed by atoms with Crippen molar-refractivity contribution in [2.45, 2.75) is 6.04 Å². The van der Waals surface area contributed by atoms with Crippen LogP contribution < -0.4 is 11.3 Å². The SMILES string of the molecule is Cn1nnc(Br)c1C(NN)c1cc(Cl)ccc1Br. The lowest BCUT2D eigenvalue weighted by Crippen LogP contribution is -2.31. The predicted molar refractivity (Wildman–Crippen MR) is 77.0 cm³/mol. The number of halogens is 3. The molecule has 96 valence electrons. The number of aromatic nitrogens is 3. The first-order valence-corrected chi connectivity index (χ1v) is 6.97. The molecule has 0 fully saturated rings. The Morgan fingerprint density at radius 3 is 2.72 bits per heavy atom. The molecule has 1 aromatic carbocycles. The highest BCUT2D eigenvalue weighted by molar-refractivity contribution is 9.10. The highest BCUT2D eigenvalue weighted by Gasteiger charge is 2.23. The largest absolute Gasteiger partial charge is 0.271 e. The van der Waals surface area contributed by atoms with E-state index in [4.69, 9.17) is 17.4 Å². The van der Waals surface area contributed by atoms with Crippen LogP contribution in [0.15, 0.2) is 27.3 Å². The molecular weight excluding hydrogens is 385 g/mol. The molecule has 18 heavy (non-hydrogen) atoms. The lowest BCUT2D eigenvalue weighted by molar-refractivity contribution is 0.567. The molecular formula is C10H10Br2ClN5. The quantitative estimate of drug-likeness (QED) is 0.619. The molecule has 2 rings (SSSR count). The van der Waals surface area contributed by atoms with Crippen LogP contribution in [0.25, 0.3) is 0 Å². The van der Waals surface area contributed by atoms with Gasteiger partial charge in [0.05, 0.1) is 11.7 Å². The summed E-state index contributed by atoms with van der Waals surface area (Å²) in [6.07, 6.45) is 0. The minimum absolute atomic E-state index is 0.271. The Balaban J connectivity index is 2.55. The van der Waals surface area contributed by atoms with Crippen LogP contribution in [0.3, 0.4) is 0 Å². The van der Waals surface area contributed by atoms with E-state index in [0.717, 1.165) is 15.7 Å². The second kappa shape index (κ2) is 5.66. The first kappa shape index (κ1) is 14.0. The molecule has 0 bridgehead atoms. The predicted octanol–water partition coefficient (Wildman–Crippen LogP) is 2.55. The second-order valence-electron chi connectivity index (χ2n) is 3.65. The fourth-order valence-corrected chi connectivity index (χ4v) is 2.91. The summed E-state index contributed by atoms with van der Waals surface area (Å²) in [7, 11) is 1.80. The zero-order valence-electron chi connectivity index (χ0n) is 9.36. The van der Waals surface area contributed by atoms with Crippen LogP contribution in [0.5, 0.6) is 0 Å². The average molecular weight is 395 g/mol. The number of nitrogens with one attached hydrogen (secondary N) is 1. The fraction of sp³-hybridized carbons (Fsp3) is 0.200. The lowest BCUT2D eigenvalue weighted by atomic mass is 10.1. The molecule has 1 unspecified atom stereocenters. The van der Waals surface area contributed by atoms with Crippen LogP contribution in [0.2, 0.25) is 5.02 Å². The highest BCUT2D eigenvalue weighted by Crippen LogP contribution is 2.32. The van der Waals surface area contributed by atoms with Gasteiger partial charge in [-0.2, -0.15) is 0 Å². The van der Waals surface area contributed by atoms with Gasteiger partial charge in [-0.1, -0.05) is 32.7 Å². The molecule has 1 atom stereocenters. The molecule has 1 heterocycles. The van der Waals surface area contributed by atoms with Gasteiger partial charge in [-0.05, 0) is 39.7 Å². The van der Waals surface area contributed by atoms with E-state index in [1.807, 2.05) is 12.1 Å². The van der Waals surface area contributed by atoms with Gasteiger partial charge in [0.15, 0.2) is 4.60 Å². The van der Waals surface area contributed by atoms with Crippen molar-refractivity contribution in [3.05, 3.63) is 43.6 Å². The van der Waals surface area contributed by atoms with Gasteiger partial charge in [0.25, 0.3) is 0 Å². The third-order valence-electron chi connectivity index (χ3n) is 2.54. The highest BCUT2D eigenvalue weighted by atomic mass is 79.9. The maximum absolute atomic E-state index is 6.02. The van der Waals surface area contributed by atoms with E-state index in [1.165, 1.54) is 0 Å². The molecule has 1 aromatic heterocycles. The molecule has 0 aliphatic carbocycles. The van der Waals surface area contributed by atoms with Crippen LogP contribution in [0.4, 0.5) is 0 Å². The summed E-state index contributed by atoms with van der Waals surface area (Å²) in [6, 6.07) is 5.25. The van der Waals surface area contributed by atoms with Crippen molar-refractivity contribution in [3.8, 4) is 0 Å². The summed E-state index contributed by atoms with van der Waals surface area (Å²) in [5.41, 5.74) is 4.48. The molecule has 3 N–H and O–H groups in total. The fourth-order valence-electron chi connectivity index (χ4n) is 1.70. The molecule has 5 nitrogen and oxygen atoms in total. The third kappa shape index (κ3) is 2.60.